The van der Waals surface area contributed by atoms with E-state index in [2.05, 4.69) is 10.6 Å². The van der Waals surface area contributed by atoms with Gasteiger partial charge >= 0.3 is 0 Å². The Balaban J connectivity index is 1.55. The molecule has 1 aromatic carbocycles. The summed E-state index contributed by atoms with van der Waals surface area (Å²) in [7, 11) is 0. The van der Waals surface area contributed by atoms with Crippen LogP contribution in [0.1, 0.15) is 16.9 Å². The van der Waals surface area contributed by atoms with Crippen molar-refractivity contribution in [1.29, 1.82) is 0 Å². The predicted octanol–water partition coefficient (Wildman–Crippen LogP) is 2.61. The van der Waals surface area contributed by atoms with Gasteiger partial charge in [0, 0.05) is 23.1 Å². The molecule has 0 unspecified atom stereocenters. The molecule has 2 N–H and O–H groups in total. The number of imide groups is 1. The van der Waals surface area contributed by atoms with E-state index in [1.54, 1.807) is 29.5 Å². The second-order valence-electron chi connectivity index (χ2n) is 5.55. The van der Waals surface area contributed by atoms with Crippen molar-refractivity contribution < 1.29 is 14.4 Å². The molecule has 1 atom stereocenters. The minimum Gasteiger partial charge on any atom is -0.323 e. The summed E-state index contributed by atoms with van der Waals surface area (Å²) < 4.78 is 0. The summed E-state index contributed by atoms with van der Waals surface area (Å²) in [6.45, 7) is 0. The summed E-state index contributed by atoms with van der Waals surface area (Å²) in [5.74, 6) is -0.925. The summed E-state index contributed by atoms with van der Waals surface area (Å²) >= 11 is 1.57. The SMILES string of the molecule is O=C(/C=C/c1cccs1)Nc1ccc(C[C@H]2CC(=O)NC2=O)cc1. The third kappa shape index (κ3) is 4.17. The summed E-state index contributed by atoms with van der Waals surface area (Å²) in [5, 5.41) is 7.05. The number of carbonyl (C=O) groups excluding carboxylic acids is 3. The minimum atomic E-state index is -0.299. The van der Waals surface area contributed by atoms with E-state index in [9.17, 15) is 14.4 Å². The van der Waals surface area contributed by atoms with Gasteiger partial charge in [-0.05, 0) is 41.6 Å². The zero-order valence-electron chi connectivity index (χ0n) is 12.8. The van der Waals surface area contributed by atoms with Crippen molar-refractivity contribution in [3.05, 3.63) is 58.3 Å². The fourth-order valence-electron chi connectivity index (χ4n) is 2.51. The van der Waals surface area contributed by atoms with E-state index in [0.717, 1.165) is 10.4 Å². The molecule has 24 heavy (non-hydrogen) atoms. The maximum atomic E-state index is 11.9. The van der Waals surface area contributed by atoms with Crippen molar-refractivity contribution in [3.8, 4) is 0 Å². The van der Waals surface area contributed by atoms with E-state index < -0.39 is 0 Å². The van der Waals surface area contributed by atoms with Crippen molar-refractivity contribution in [1.82, 2.24) is 5.32 Å². The Bertz CT molecular complexity index is 779. The van der Waals surface area contributed by atoms with E-state index in [0.29, 0.717) is 12.1 Å². The average molecular weight is 340 g/mol. The Morgan fingerprint density at radius 3 is 2.67 bits per heavy atom. The molecule has 1 aliphatic heterocycles. The number of amides is 3. The number of hydrogen-bond acceptors (Lipinski definition) is 4. The van der Waals surface area contributed by atoms with Gasteiger partial charge in [-0.15, -0.1) is 11.3 Å². The molecule has 2 heterocycles. The standard InChI is InChI=1S/C18H16N2O3S/c21-16(8-7-15-2-1-9-24-15)19-14-5-3-12(4-6-14)10-13-11-17(22)20-18(13)23/h1-9,13H,10-11H2,(H,19,21)(H,20,22,23)/b8-7+/t13-/m0/s1. The lowest BCUT2D eigenvalue weighted by Crippen LogP contribution is -2.22. The third-order valence-electron chi connectivity index (χ3n) is 3.71. The van der Waals surface area contributed by atoms with Gasteiger partial charge in [0.15, 0.2) is 0 Å². The highest BCUT2D eigenvalue weighted by molar-refractivity contribution is 7.10. The molecule has 0 radical (unpaired) electrons. The van der Waals surface area contributed by atoms with Crippen molar-refractivity contribution >= 4 is 40.8 Å². The molecule has 2 aromatic rings. The van der Waals surface area contributed by atoms with Gasteiger partial charge in [-0.3, -0.25) is 19.7 Å². The highest BCUT2D eigenvalue weighted by atomic mass is 32.1. The molecule has 0 bridgehead atoms. The predicted molar refractivity (Wildman–Crippen MR) is 93.4 cm³/mol. The molecular formula is C18H16N2O3S. The average Bonchev–Trinajstić information content (AvgIpc) is 3.17. The number of thiophene rings is 1. The molecule has 1 aliphatic rings. The van der Waals surface area contributed by atoms with E-state index in [4.69, 9.17) is 0 Å². The molecule has 6 heteroatoms. The smallest absolute Gasteiger partial charge is 0.248 e. The first kappa shape index (κ1) is 16.1. The van der Waals surface area contributed by atoms with Crippen LogP contribution in [0.2, 0.25) is 0 Å². The number of hydrogen-bond donors (Lipinski definition) is 2. The van der Waals surface area contributed by atoms with Crippen LogP contribution in [0.4, 0.5) is 5.69 Å². The van der Waals surface area contributed by atoms with Gasteiger partial charge in [-0.1, -0.05) is 18.2 Å². The van der Waals surface area contributed by atoms with Crippen LogP contribution in [0.5, 0.6) is 0 Å². The van der Waals surface area contributed by atoms with Gasteiger partial charge in [0.25, 0.3) is 0 Å². The lowest BCUT2D eigenvalue weighted by Gasteiger charge is -2.07. The number of rotatable bonds is 5. The number of anilines is 1. The first-order valence-electron chi connectivity index (χ1n) is 7.55. The van der Waals surface area contributed by atoms with Crippen molar-refractivity contribution in [3.63, 3.8) is 0 Å². The van der Waals surface area contributed by atoms with Crippen molar-refractivity contribution in [2.75, 3.05) is 5.32 Å². The molecule has 0 saturated carbocycles. The lowest BCUT2D eigenvalue weighted by molar-refractivity contribution is -0.125. The topological polar surface area (TPSA) is 75.3 Å². The van der Waals surface area contributed by atoms with Gasteiger partial charge in [-0.25, -0.2) is 0 Å². The van der Waals surface area contributed by atoms with E-state index in [1.165, 1.54) is 6.08 Å². The van der Waals surface area contributed by atoms with Crippen LogP contribution in [-0.4, -0.2) is 17.7 Å². The molecule has 3 rings (SSSR count). The highest BCUT2D eigenvalue weighted by Crippen LogP contribution is 2.19. The molecule has 3 amide bonds. The molecule has 5 nitrogen and oxygen atoms in total. The summed E-state index contributed by atoms with van der Waals surface area (Å²) in [6, 6.07) is 11.2. The Labute approximate surface area is 143 Å². The number of nitrogens with one attached hydrogen (secondary N) is 2. The Kier molecular flexibility index (Phi) is 4.86. The maximum Gasteiger partial charge on any atom is 0.248 e. The van der Waals surface area contributed by atoms with Crippen molar-refractivity contribution in [2.45, 2.75) is 12.8 Å². The van der Waals surface area contributed by atoms with Gasteiger partial charge in [0.05, 0.1) is 5.92 Å². The maximum absolute atomic E-state index is 11.9. The zero-order valence-corrected chi connectivity index (χ0v) is 13.6. The molecule has 1 saturated heterocycles. The summed E-state index contributed by atoms with van der Waals surface area (Å²) in [4.78, 5) is 35.7. The molecule has 122 valence electrons. The number of carbonyl (C=O) groups is 3. The first-order valence-corrected chi connectivity index (χ1v) is 8.43. The zero-order chi connectivity index (χ0) is 16.9. The Morgan fingerprint density at radius 1 is 1.25 bits per heavy atom. The van der Waals surface area contributed by atoms with E-state index >= 15 is 0 Å². The second-order valence-corrected chi connectivity index (χ2v) is 6.53. The Morgan fingerprint density at radius 2 is 2.04 bits per heavy atom. The molecule has 0 aliphatic carbocycles. The summed E-state index contributed by atoms with van der Waals surface area (Å²) in [5.41, 5.74) is 1.64. The quantitative estimate of drug-likeness (QED) is 0.649. The molecule has 0 spiro atoms. The number of benzene rings is 1. The van der Waals surface area contributed by atoms with Crippen molar-refractivity contribution in [2.24, 2.45) is 5.92 Å². The van der Waals surface area contributed by atoms with Crippen LogP contribution in [0, 0.1) is 5.92 Å². The molecular weight excluding hydrogens is 324 g/mol. The van der Waals surface area contributed by atoms with Crippen LogP contribution in [0.15, 0.2) is 47.9 Å². The highest BCUT2D eigenvalue weighted by Gasteiger charge is 2.30. The lowest BCUT2D eigenvalue weighted by atomic mass is 9.98. The van der Waals surface area contributed by atoms with Gasteiger partial charge in [-0.2, -0.15) is 0 Å². The van der Waals surface area contributed by atoms with Crippen LogP contribution in [0.3, 0.4) is 0 Å². The van der Waals surface area contributed by atoms with E-state index in [1.807, 2.05) is 29.6 Å². The second kappa shape index (κ2) is 7.23. The summed E-state index contributed by atoms with van der Waals surface area (Å²) in [6.07, 6.45) is 4.02. The van der Waals surface area contributed by atoms with Crippen LogP contribution in [0.25, 0.3) is 6.08 Å². The fourth-order valence-corrected chi connectivity index (χ4v) is 3.13. The normalized spacial score (nSPS) is 17.2. The largest absolute Gasteiger partial charge is 0.323 e. The van der Waals surface area contributed by atoms with Crippen LogP contribution < -0.4 is 10.6 Å². The van der Waals surface area contributed by atoms with E-state index in [-0.39, 0.29) is 30.1 Å². The molecule has 1 fully saturated rings. The monoisotopic (exact) mass is 340 g/mol. The van der Waals surface area contributed by atoms with Crippen LogP contribution in [-0.2, 0) is 20.8 Å². The first-order chi connectivity index (χ1) is 11.6. The van der Waals surface area contributed by atoms with Crippen LogP contribution >= 0.6 is 11.3 Å². The van der Waals surface area contributed by atoms with Gasteiger partial charge in [0.2, 0.25) is 17.7 Å². The van der Waals surface area contributed by atoms with Gasteiger partial charge < -0.3 is 5.32 Å². The minimum absolute atomic E-state index is 0.197. The Hall–Kier alpha value is -2.73. The third-order valence-corrected chi connectivity index (χ3v) is 4.55. The van der Waals surface area contributed by atoms with Gasteiger partial charge in [0.1, 0.15) is 0 Å². The molecule has 1 aromatic heterocycles. The fraction of sp³-hybridized carbons (Fsp3) is 0.167.